The molecule has 0 saturated carbocycles. The molecule has 0 aliphatic carbocycles. The first kappa shape index (κ1) is 14.8. The Bertz CT molecular complexity index is 761. The molecule has 1 atom stereocenters. The van der Waals surface area contributed by atoms with Gasteiger partial charge in [-0.1, -0.05) is 47.5 Å². The van der Waals surface area contributed by atoms with Gasteiger partial charge in [-0.05, 0) is 41.5 Å². The Balaban J connectivity index is 1.91. The first-order chi connectivity index (χ1) is 10.5. The average molecular weight is 333 g/mol. The molecule has 1 saturated heterocycles. The Labute approximate surface area is 137 Å². The van der Waals surface area contributed by atoms with Crippen LogP contribution in [0.4, 0.5) is 0 Å². The highest BCUT2D eigenvalue weighted by Gasteiger charge is 2.40. The maximum atomic E-state index is 12.4. The smallest absolute Gasteiger partial charge is 0.327 e. The molecule has 0 aromatic heterocycles. The maximum absolute atomic E-state index is 12.4. The van der Waals surface area contributed by atoms with Crippen LogP contribution in [0, 0.1) is 0 Å². The van der Waals surface area contributed by atoms with E-state index in [9.17, 15) is 9.59 Å². The molecule has 0 bridgehead atoms. The Hall–Kier alpha value is -2.10. The molecule has 0 N–H and O–H groups in total. The lowest BCUT2D eigenvalue weighted by Gasteiger charge is -2.03. The summed E-state index contributed by atoms with van der Waals surface area (Å²) < 4.78 is 5.11. The number of Topliss-reactive ketones (excluding diaryl/α,β-unsaturated/α-hetero) is 1. The second kappa shape index (κ2) is 5.95. The molecule has 0 radical (unpaired) electrons. The van der Waals surface area contributed by atoms with Gasteiger partial charge in [0.2, 0.25) is 5.78 Å². The van der Waals surface area contributed by atoms with Crippen LogP contribution in [0.15, 0.2) is 54.3 Å². The van der Waals surface area contributed by atoms with Gasteiger partial charge in [-0.3, -0.25) is 9.59 Å². The van der Waals surface area contributed by atoms with Gasteiger partial charge in [-0.15, -0.1) is 0 Å². The Morgan fingerprint density at radius 2 is 1.41 bits per heavy atom. The molecule has 3 rings (SSSR count). The Kier molecular flexibility index (Phi) is 4.01. The van der Waals surface area contributed by atoms with Crippen molar-refractivity contribution in [2.45, 2.75) is 5.92 Å². The van der Waals surface area contributed by atoms with Crippen molar-refractivity contribution in [3.8, 4) is 0 Å². The van der Waals surface area contributed by atoms with Crippen LogP contribution in [0.2, 0.25) is 10.0 Å². The van der Waals surface area contributed by atoms with Crippen molar-refractivity contribution in [2.24, 2.45) is 0 Å². The van der Waals surface area contributed by atoms with Crippen molar-refractivity contribution in [1.29, 1.82) is 0 Å². The summed E-state index contributed by atoms with van der Waals surface area (Å²) in [7, 11) is 0. The second-order valence-electron chi connectivity index (χ2n) is 4.83. The first-order valence-electron chi connectivity index (χ1n) is 6.53. The summed E-state index contributed by atoms with van der Waals surface area (Å²) in [5.74, 6) is -1.84. The van der Waals surface area contributed by atoms with Crippen LogP contribution in [-0.4, -0.2) is 11.8 Å². The number of halogens is 2. The highest BCUT2D eigenvalue weighted by atomic mass is 35.5. The van der Waals surface area contributed by atoms with Gasteiger partial charge in [0.05, 0.1) is 0 Å². The lowest BCUT2D eigenvalue weighted by Crippen LogP contribution is -2.12. The highest BCUT2D eigenvalue weighted by molar-refractivity contribution is 6.31. The highest BCUT2D eigenvalue weighted by Crippen LogP contribution is 2.31. The van der Waals surface area contributed by atoms with E-state index in [0.29, 0.717) is 15.6 Å². The van der Waals surface area contributed by atoms with Crippen molar-refractivity contribution >= 4 is 41.0 Å². The fraction of sp³-hybridized carbons (Fsp3) is 0.0588. The number of carbonyl (C=O) groups is 2. The van der Waals surface area contributed by atoms with Crippen LogP contribution >= 0.6 is 23.2 Å². The lowest BCUT2D eigenvalue weighted by atomic mass is 9.95. The minimum atomic E-state index is -0.934. The summed E-state index contributed by atoms with van der Waals surface area (Å²) in [6.07, 6.45) is 1.53. The quantitative estimate of drug-likeness (QED) is 0.469. The van der Waals surface area contributed by atoms with Crippen molar-refractivity contribution < 1.29 is 14.3 Å². The number of hydrogen-bond acceptors (Lipinski definition) is 3. The van der Waals surface area contributed by atoms with E-state index in [4.69, 9.17) is 27.9 Å². The van der Waals surface area contributed by atoms with Crippen molar-refractivity contribution in [1.82, 2.24) is 0 Å². The summed E-state index contributed by atoms with van der Waals surface area (Å²) in [6, 6.07) is 13.5. The molecule has 1 fully saturated rings. The monoisotopic (exact) mass is 332 g/mol. The molecule has 1 aliphatic rings. The van der Waals surface area contributed by atoms with E-state index in [1.807, 2.05) is 0 Å². The Morgan fingerprint density at radius 3 is 2.00 bits per heavy atom. The van der Waals surface area contributed by atoms with Crippen LogP contribution in [0.1, 0.15) is 17.0 Å². The molecule has 0 spiro atoms. The standard InChI is InChI=1S/C17H10Cl2O3/c18-12-5-1-10(2-6-12)9-14-16(20)15(17(21)22-14)11-3-7-13(19)8-4-11/h1-9,15H/b14-9-. The second-order valence-corrected chi connectivity index (χ2v) is 5.70. The summed E-state index contributed by atoms with van der Waals surface area (Å²) in [6.45, 7) is 0. The minimum absolute atomic E-state index is 0.0345. The number of hydrogen-bond donors (Lipinski definition) is 0. The van der Waals surface area contributed by atoms with Crippen molar-refractivity contribution in [3.05, 3.63) is 75.5 Å². The topological polar surface area (TPSA) is 43.4 Å². The summed E-state index contributed by atoms with van der Waals surface area (Å²) in [5.41, 5.74) is 1.30. The lowest BCUT2D eigenvalue weighted by molar-refractivity contribution is -0.136. The molecule has 1 aliphatic heterocycles. The van der Waals surface area contributed by atoms with Gasteiger partial charge in [0.25, 0.3) is 0 Å². The van der Waals surface area contributed by atoms with Crippen molar-refractivity contribution in [3.63, 3.8) is 0 Å². The molecule has 2 aromatic rings. The normalized spacial score (nSPS) is 19.5. The third-order valence-electron chi connectivity index (χ3n) is 3.32. The molecule has 3 nitrogen and oxygen atoms in total. The van der Waals surface area contributed by atoms with E-state index in [1.165, 1.54) is 6.08 Å². The number of carbonyl (C=O) groups excluding carboxylic acids is 2. The van der Waals surface area contributed by atoms with E-state index in [0.717, 1.165) is 5.56 Å². The number of ether oxygens (including phenoxy) is 1. The summed E-state index contributed by atoms with van der Waals surface area (Å²) in [5, 5.41) is 1.13. The van der Waals surface area contributed by atoms with Crippen LogP contribution in [0.3, 0.4) is 0 Å². The molecule has 5 heteroatoms. The number of ketones is 1. The fourth-order valence-corrected chi connectivity index (χ4v) is 2.47. The third kappa shape index (κ3) is 2.91. The van der Waals surface area contributed by atoms with E-state index < -0.39 is 11.9 Å². The number of benzene rings is 2. The van der Waals surface area contributed by atoms with Gasteiger partial charge in [0, 0.05) is 10.0 Å². The zero-order valence-corrected chi connectivity index (χ0v) is 12.8. The van der Waals surface area contributed by atoms with Crippen LogP contribution in [0.25, 0.3) is 6.08 Å². The van der Waals surface area contributed by atoms with E-state index in [1.54, 1.807) is 48.5 Å². The zero-order chi connectivity index (χ0) is 15.7. The first-order valence-corrected chi connectivity index (χ1v) is 7.29. The maximum Gasteiger partial charge on any atom is 0.327 e. The van der Waals surface area contributed by atoms with Gasteiger partial charge >= 0.3 is 5.97 Å². The van der Waals surface area contributed by atoms with E-state index >= 15 is 0 Å². The van der Waals surface area contributed by atoms with Crippen molar-refractivity contribution in [2.75, 3.05) is 0 Å². The molecular weight excluding hydrogens is 323 g/mol. The SMILES string of the molecule is O=C1O/C(=C\c2ccc(Cl)cc2)C(=O)C1c1ccc(Cl)cc1. The molecule has 1 unspecified atom stereocenters. The summed E-state index contributed by atoms with van der Waals surface area (Å²) in [4.78, 5) is 24.4. The number of esters is 1. The van der Waals surface area contributed by atoms with Crippen LogP contribution < -0.4 is 0 Å². The van der Waals surface area contributed by atoms with Gasteiger partial charge in [-0.2, -0.15) is 0 Å². The van der Waals surface area contributed by atoms with Gasteiger partial charge in [-0.25, -0.2) is 0 Å². The van der Waals surface area contributed by atoms with Crippen LogP contribution in [-0.2, 0) is 14.3 Å². The van der Waals surface area contributed by atoms with Crippen LogP contribution in [0.5, 0.6) is 0 Å². The minimum Gasteiger partial charge on any atom is -0.422 e. The van der Waals surface area contributed by atoms with Gasteiger partial charge in [0.15, 0.2) is 5.76 Å². The molecule has 1 heterocycles. The van der Waals surface area contributed by atoms with E-state index in [-0.39, 0.29) is 11.5 Å². The molecule has 0 amide bonds. The molecular formula is C17H10Cl2O3. The average Bonchev–Trinajstić information content (AvgIpc) is 2.77. The molecule has 2 aromatic carbocycles. The molecule has 22 heavy (non-hydrogen) atoms. The predicted molar refractivity (Wildman–Crippen MR) is 84.7 cm³/mol. The largest absolute Gasteiger partial charge is 0.422 e. The van der Waals surface area contributed by atoms with Gasteiger partial charge in [0.1, 0.15) is 5.92 Å². The number of cyclic esters (lactones) is 1. The number of rotatable bonds is 2. The zero-order valence-electron chi connectivity index (χ0n) is 11.3. The fourth-order valence-electron chi connectivity index (χ4n) is 2.22. The predicted octanol–water partition coefficient (Wildman–Crippen LogP) is 4.24. The number of allylic oxidation sites excluding steroid dienone is 1. The van der Waals surface area contributed by atoms with Gasteiger partial charge < -0.3 is 4.74 Å². The molecule has 110 valence electrons. The Morgan fingerprint density at radius 1 is 0.864 bits per heavy atom. The summed E-state index contributed by atoms with van der Waals surface area (Å²) >= 11 is 11.6. The third-order valence-corrected chi connectivity index (χ3v) is 3.83. The van der Waals surface area contributed by atoms with E-state index in [2.05, 4.69) is 0 Å².